The molecule has 0 aromatic heterocycles. The summed E-state index contributed by atoms with van der Waals surface area (Å²) < 4.78 is 13.4. The lowest BCUT2D eigenvalue weighted by atomic mass is 10.2. The molecule has 0 bridgehead atoms. The van der Waals surface area contributed by atoms with Gasteiger partial charge in [0.05, 0.1) is 0 Å². The Morgan fingerprint density at radius 1 is 1.06 bits per heavy atom. The van der Waals surface area contributed by atoms with E-state index in [1.807, 2.05) is 31.2 Å². The molecular formula is C13H12FNS. The lowest BCUT2D eigenvalue weighted by molar-refractivity contribution is 0.602. The highest BCUT2D eigenvalue weighted by Crippen LogP contribution is 2.33. The van der Waals surface area contributed by atoms with Crippen molar-refractivity contribution in [2.75, 3.05) is 5.73 Å². The zero-order valence-electron chi connectivity index (χ0n) is 8.91. The van der Waals surface area contributed by atoms with Crippen LogP contribution in [0.3, 0.4) is 0 Å². The van der Waals surface area contributed by atoms with Gasteiger partial charge in [-0.15, -0.1) is 0 Å². The first kappa shape index (κ1) is 11.0. The summed E-state index contributed by atoms with van der Waals surface area (Å²) in [6.45, 7) is 1.99. The predicted octanol–water partition coefficient (Wildman–Crippen LogP) is 3.87. The number of nitrogen functional groups attached to an aromatic ring is 1. The van der Waals surface area contributed by atoms with E-state index in [0.29, 0.717) is 10.6 Å². The average Bonchev–Trinajstić information content (AvgIpc) is 2.27. The van der Waals surface area contributed by atoms with Gasteiger partial charge in [0, 0.05) is 15.5 Å². The highest BCUT2D eigenvalue weighted by atomic mass is 32.2. The van der Waals surface area contributed by atoms with Gasteiger partial charge in [-0.2, -0.15) is 0 Å². The smallest absolute Gasteiger partial charge is 0.137 e. The molecule has 2 N–H and O–H groups in total. The molecule has 82 valence electrons. The highest BCUT2D eigenvalue weighted by Gasteiger charge is 2.05. The fourth-order valence-electron chi connectivity index (χ4n) is 1.38. The van der Waals surface area contributed by atoms with Gasteiger partial charge in [0.2, 0.25) is 0 Å². The van der Waals surface area contributed by atoms with Gasteiger partial charge in [0.25, 0.3) is 0 Å². The summed E-state index contributed by atoms with van der Waals surface area (Å²) in [5.74, 6) is -0.214. The first-order valence-corrected chi connectivity index (χ1v) is 5.77. The quantitative estimate of drug-likeness (QED) is 0.797. The van der Waals surface area contributed by atoms with Gasteiger partial charge in [-0.25, -0.2) is 4.39 Å². The van der Waals surface area contributed by atoms with Crippen molar-refractivity contribution >= 4 is 17.4 Å². The van der Waals surface area contributed by atoms with Crippen molar-refractivity contribution in [1.82, 2.24) is 0 Å². The number of anilines is 1. The first-order valence-electron chi connectivity index (χ1n) is 4.95. The normalized spacial score (nSPS) is 10.4. The van der Waals surface area contributed by atoms with Crippen LogP contribution in [0.25, 0.3) is 0 Å². The number of hydrogen-bond acceptors (Lipinski definition) is 2. The zero-order chi connectivity index (χ0) is 11.5. The lowest BCUT2D eigenvalue weighted by Crippen LogP contribution is -1.89. The molecule has 2 aromatic carbocycles. The largest absolute Gasteiger partial charge is 0.398 e. The van der Waals surface area contributed by atoms with Gasteiger partial charge in [-0.3, -0.25) is 0 Å². The van der Waals surface area contributed by atoms with Crippen molar-refractivity contribution in [3.8, 4) is 0 Å². The van der Waals surface area contributed by atoms with Gasteiger partial charge in [0.15, 0.2) is 0 Å². The number of benzene rings is 2. The summed E-state index contributed by atoms with van der Waals surface area (Å²) in [4.78, 5) is 1.49. The Kier molecular flexibility index (Phi) is 3.15. The van der Waals surface area contributed by atoms with Crippen LogP contribution in [0.1, 0.15) is 5.56 Å². The molecule has 2 rings (SSSR count). The predicted molar refractivity (Wildman–Crippen MR) is 66.1 cm³/mol. The molecule has 0 unspecified atom stereocenters. The Balaban J connectivity index is 2.34. The molecular weight excluding hydrogens is 221 g/mol. The van der Waals surface area contributed by atoms with Crippen molar-refractivity contribution in [3.05, 3.63) is 53.8 Å². The van der Waals surface area contributed by atoms with Crippen molar-refractivity contribution in [1.29, 1.82) is 0 Å². The summed E-state index contributed by atoms with van der Waals surface area (Å²) >= 11 is 1.35. The second kappa shape index (κ2) is 4.58. The SMILES string of the molecule is Cc1ccc(N)c(Sc2ccccc2F)c1. The minimum atomic E-state index is -0.214. The lowest BCUT2D eigenvalue weighted by Gasteiger charge is -2.07. The highest BCUT2D eigenvalue weighted by molar-refractivity contribution is 7.99. The molecule has 2 aromatic rings. The topological polar surface area (TPSA) is 26.0 Å². The van der Waals surface area contributed by atoms with Gasteiger partial charge in [-0.05, 0) is 36.8 Å². The maximum atomic E-state index is 13.4. The minimum absolute atomic E-state index is 0.214. The van der Waals surface area contributed by atoms with Crippen molar-refractivity contribution < 1.29 is 4.39 Å². The monoisotopic (exact) mass is 233 g/mol. The standard InChI is InChI=1S/C13H12FNS/c1-9-6-7-11(15)13(8-9)16-12-5-3-2-4-10(12)14/h2-8H,15H2,1H3. The summed E-state index contributed by atoms with van der Waals surface area (Å²) in [5, 5.41) is 0. The summed E-state index contributed by atoms with van der Waals surface area (Å²) in [7, 11) is 0. The minimum Gasteiger partial charge on any atom is -0.398 e. The fourth-order valence-corrected chi connectivity index (χ4v) is 2.36. The second-order valence-electron chi connectivity index (χ2n) is 3.57. The Morgan fingerprint density at radius 3 is 2.56 bits per heavy atom. The van der Waals surface area contributed by atoms with Crippen LogP contribution in [0.2, 0.25) is 0 Å². The van der Waals surface area contributed by atoms with Crippen LogP contribution in [0.5, 0.6) is 0 Å². The van der Waals surface area contributed by atoms with E-state index in [-0.39, 0.29) is 5.82 Å². The maximum absolute atomic E-state index is 13.4. The van der Waals surface area contributed by atoms with Crippen LogP contribution in [-0.4, -0.2) is 0 Å². The molecule has 3 heteroatoms. The number of halogens is 1. The van der Waals surface area contributed by atoms with Crippen molar-refractivity contribution in [2.45, 2.75) is 16.7 Å². The van der Waals surface area contributed by atoms with Crippen molar-refractivity contribution in [2.24, 2.45) is 0 Å². The van der Waals surface area contributed by atoms with E-state index in [2.05, 4.69) is 0 Å². The molecule has 0 saturated heterocycles. The third-order valence-electron chi connectivity index (χ3n) is 2.23. The Morgan fingerprint density at radius 2 is 1.81 bits per heavy atom. The number of nitrogens with two attached hydrogens (primary N) is 1. The second-order valence-corrected chi connectivity index (χ2v) is 4.66. The number of aryl methyl sites for hydroxylation is 1. The van der Waals surface area contributed by atoms with E-state index < -0.39 is 0 Å². The summed E-state index contributed by atoms with van der Waals surface area (Å²) in [6, 6.07) is 12.5. The molecule has 0 fully saturated rings. The van der Waals surface area contributed by atoms with E-state index >= 15 is 0 Å². The Bertz CT molecular complexity index is 511. The Labute approximate surface area is 98.5 Å². The fraction of sp³-hybridized carbons (Fsp3) is 0.0769. The van der Waals surface area contributed by atoms with Crippen LogP contribution >= 0.6 is 11.8 Å². The number of rotatable bonds is 2. The summed E-state index contributed by atoms with van der Waals surface area (Å²) in [5.41, 5.74) is 7.64. The first-order chi connectivity index (χ1) is 7.66. The van der Waals surface area contributed by atoms with E-state index in [1.54, 1.807) is 12.1 Å². The van der Waals surface area contributed by atoms with Gasteiger partial charge in [0.1, 0.15) is 5.82 Å². The Hall–Kier alpha value is -1.48. The molecule has 0 radical (unpaired) electrons. The van der Waals surface area contributed by atoms with E-state index in [4.69, 9.17) is 5.73 Å². The molecule has 0 heterocycles. The van der Waals surface area contributed by atoms with Crippen LogP contribution in [0.4, 0.5) is 10.1 Å². The third kappa shape index (κ3) is 2.36. The summed E-state index contributed by atoms with van der Waals surface area (Å²) in [6.07, 6.45) is 0. The van der Waals surface area contributed by atoms with Gasteiger partial charge < -0.3 is 5.73 Å². The molecule has 1 nitrogen and oxygen atoms in total. The maximum Gasteiger partial charge on any atom is 0.137 e. The average molecular weight is 233 g/mol. The van der Waals surface area contributed by atoms with Crippen LogP contribution in [0, 0.1) is 12.7 Å². The molecule has 0 aliphatic carbocycles. The van der Waals surface area contributed by atoms with Crippen LogP contribution in [-0.2, 0) is 0 Å². The van der Waals surface area contributed by atoms with E-state index in [0.717, 1.165) is 10.5 Å². The third-order valence-corrected chi connectivity index (χ3v) is 3.35. The van der Waals surface area contributed by atoms with Crippen LogP contribution in [0.15, 0.2) is 52.3 Å². The molecule has 0 spiro atoms. The molecule has 0 atom stereocenters. The molecule has 0 amide bonds. The van der Waals surface area contributed by atoms with Crippen LogP contribution < -0.4 is 5.73 Å². The molecule has 0 aliphatic heterocycles. The van der Waals surface area contributed by atoms with Gasteiger partial charge >= 0.3 is 0 Å². The zero-order valence-corrected chi connectivity index (χ0v) is 9.72. The van der Waals surface area contributed by atoms with E-state index in [1.165, 1.54) is 17.8 Å². The molecule has 0 saturated carbocycles. The molecule has 16 heavy (non-hydrogen) atoms. The molecule has 0 aliphatic rings. The van der Waals surface area contributed by atoms with Crippen molar-refractivity contribution in [3.63, 3.8) is 0 Å². The number of hydrogen-bond donors (Lipinski definition) is 1. The van der Waals surface area contributed by atoms with E-state index in [9.17, 15) is 4.39 Å². The van der Waals surface area contributed by atoms with Gasteiger partial charge in [-0.1, -0.05) is 30.0 Å².